The number of benzene rings is 1. The van der Waals surface area contributed by atoms with Gasteiger partial charge >= 0.3 is 0 Å². The van der Waals surface area contributed by atoms with Crippen LogP contribution in [0, 0.1) is 0 Å². The summed E-state index contributed by atoms with van der Waals surface area (Å²) in [5.74, 6) is 0. The fourth-order valence-corrected chi connectivity index (χ4v) is 3.69. The van der Waals surface area contributed by atoms with Crippen molar-refractivity contribution in [3.05, 3.63) is 52.3 Å². The molecule has 0 bridgehead atoms. The highest BCUT2D eigenvalue weighted by atomic mass is 35.5. The molecule has 3 nitrogen and oxygen atoms in total. The summed E-state index contributed by atoms with van der Waals surface area (Å²) in [6, 6.07) is 5.90. The van der Waals surface area contributed by atoms with Gasteiger partial charge in [0.2, 0.25) is 0 Å². The van der Waals surface area contributed by atoms with Gasteiger partial charge in [-0.05, 0) is 43.5 Å². The largest absolute Gasteiger partial charge is 0.370 e. The summed E-state index contributed by atoms with van der Waals surface area (Å²) in [5.41, 5.74) is 10.4. The lowest BCUT2D eigenvalue weighted by Gasteiger charge is -2.34. The molecule has 3 rings (SSSR count). The Balaban J connectivity index is 2.13. The summed E-state index contributed by atoms with van der Waals surface area (Å²) in [6.07, 6.45) is 9.90. The number of hydrogen-bond donors (Lipinski definition) is 1. The Morgan fingerprint density at radius 1 is 1.12 bits per heavy atom. The Morgan fingerprint density at radius 2 is 1.79 bits per heavy atom. The first-order chi connectivity index (χ1) is 11.6. The van der Waals surface area contributed by atoms with Gasteiger partial charge in [-0.25, -0.2) is 0 Å². The molecular weight excluding hydrogens is 341 g/mol. The average Bonchev–Trinajstić information content (AvgIpc) is 2.55. The second kappa shape index (κ2) is 7.56. The Labute approximate surface area is 153 Å². The third kappa shape index (κ3) is 3.75. The van der Waals surface area contributed by atoms with Gasteiger partial charge in [-0.3, -0.25) is 4.98 Å². The molecule has 1 aromatic heterocycles. The van der Waals surface area contributed by atoms with E-state index >= 15 is 0 Å². The van der Waals surface area contributed by atoms with Crippen molar-refractivity contribution < 1.29 is 0 Å². The van der Waals surface area contributed by atoms with Crippen LogP contribution in [0.5, 0.6) is 0 Å². The molecule has 0 spiro atoms. The Morgan fingerprint density at radius 3 is 2.42 bits per heavy atom. The van der Waals surface area contributed by atoms with E-state index in [2.05, 4.69) is 16.0 Å². The van der Waals surface area contributed by atoms with Gasteiger partial charge in [-0.2, -0.15) is 0 Å². The topological polar surface area (TPSA) is 42.2 Å². The van der Waals surface area contributed by atoms with Crippen molar-refractivity contribution in [3.63, 3.8) is 0 Å². The zero-order chi connectivity index (χ0) is 17.1. The highest BCUT2D eigenvalue weighted by Gasteiger charge is 2.21. The highest BCUT2D eigenvalue weighted by Crippen LogP contribution is 2.37. The number of nitrogens with zero attached hydrogens (tertiary/aromatic N) is 2. The van der Waals surface area contributed by atoms with Gasteiger partial charge in [0, 0.05) is 52.7 Å². The molecule has 1 aliphatic heterocycles. The number of rotatable bonds is 3. The molecule has 1 fully saturated rings. The van der Waals surface area contributed by atoms with E-state index in [1.165, 1.54) is 5.69 Å². The molecule has 1 aromatic carbocycles. The Kier molecular flexibility index (Phi) is 5.44. The van der Waals surface area contributed by atoms with Crippen LogP contribution in [0.1, 0.15) is 25.3 Å². The summed E-state index contributed by atoms with van der Waals surface area (Å²) < 4.78 is 0. The molecule has 2 heterocycles. The van der Waals surface area contributed by atoms with Crippen molar-refractivity contribution in [3.8, 4) is 11.1 Å². The number of piperidine rings is 1. The van der Waals surface area contributed by atoms with E-state index in [1.54, 1.807) is 6.07 Å². The molecule has 5 heteroatoms. The molecule has 0 saturated carbocycles. The average molecular weight is 362 g/mol. The number of halogens is 2. The molecule has 0 radical (unpaired) electrons. The van der Waals surface area contributed by atoms with Gasteiger partial charge < -0.3 is 10.6 Å². The van der Waals surface area contributed by atoms with E-state index in [0.717, 1.165) is 42.6 Å². The molecule has 1 aliphatic rings. The molecular formula is C19H21Cl2N3. The molecule has 0 unspecified atom stereocenters. The standard InChI is InChI=1S/C19H21Cl2N3/c1-2-3-13-11-23-12-18(14-8-15(20)10-16(21)9-14)19(13)24-6-4-17(22)5-7-24/h2-3,8-12,17H,4-7,22H2,1H3/b3-2+. The van der Waals surface area contributed by atoms with Crippen molar-refractivity contribution in [2.75, 3.05) is 18.0 Å². The predicted octanol–water partition coefficient (Wildman–Crippen LogP) is 5.02. The summed E-state index contributed by atoms with van der Waals surface area (Å²) in [5, 5.41) is 1.25. The maximum atomic E-state index is 6.21. The zero-order valence-electron chi connectivity index (χ0n) is 13.7. The smallest absolute Gasteiger partial charge is 0.0550 e. The van der Waals surface area contributed by atoms with Crippen LogP contribution in [0.25, 0.3) is 17.2 Å². The molecule has 24 heavy (non-hydrogen) atoms. The zero-order valence-corrected chi connectivity index (χ0v) is 15.2. The summed E-state index contributed by atoms with van der Waals surface area (Å²) in [7, 11) is 0. The number of pyridine rings is 1. The molecule has 1 saturated heterocycles. The number of aromatic nitrogens is 1. The van der Waals surface area contributed by atoms with E-state index in [-0.39, 0.29) is 6.04 Å². The minimum absolute atomic E-state index is 0.289. The van der Waals surface area contributed by atoms with Gasteiger partial charge in [0.25, 0.3) is 0 Å². The molecule has 126 valence electrons. The van der Waals surface area contributed by atoms with E-state index in [4.69, 9.17) is 28.9 Å². The van der Waals surface area contributed by atoms with E-state index in [0.29, 0.717) is 10.0 Å². The fourth-order valence-electron chi connectivity index (χ4n) is 3.17. The monoisotopic (exact) mass is 361 g/mol. The van der Waals surface area contributed by atoms with Crippen molar-refractivity contribution in [2.24, 2.45) is 5.73 Å². The first-order valence-electron chi connectivity index (χ1n) is 8.16. The van der Waals surface area contributed by atoms with Crippen LogP contribution in [0.15, 0.2) is 36.7 Å². The van der Waals surface area contributed by atoms with Crippen molar-refractivity contribution in [2.45, 2.75) is 25.8 Å². The van der Waals surface area contributed by atoms with Crippen LogP contribution in [0.4, 0.5) is 5.69 Å². The number of nitrogens with two attached hydrogens (primary N) is 1. The summed E-state index contributed by atoms with van der Waals surface area (Å²) >= 11 is 12.4. The second-order valence-electron chi connectivity index (χ2n) is 6.11. The van der Waals surface area contributed by atoms with Crippen molar-refractivity contribution >= 4 is 35.0 Å². The van der Waals surface area contributed by atoms with Crippen LogP contribution in [0.3, 0.4) is 0 Å². The minimum atomic E-state index is 0.289. The maximum absolute atomic E-state index is 6.21. The quantitative estimate of drug-likeness (QED) is 0.834. The minimum Gasteiger partial charge on any atom is -0.370 e. The van der Waals surface area contributed by atoms with Crippen LogP contribution >= 0.6 is 23.2 Å². The maximum Gasteiger partial charge on any atom is 0.0550 e. The van der Waals surface area contributed by atoms with Crippen molar-refractivity contribution in [1.29, 1.82) is 0 Å². The SMILES string of the molecule is C/C=C/c1cncc(-c2cc(Cl)cc(Cl)c2)c1N1CCC(N)CC1. The van der Waals surface area contributed by atoms with Gasteiger partial charge in [0.05, 0.1) is 5.69 Å². The summed E-state index contributed by atoms with van der Waals surface area (Å²) in [4.78, 5) is 6.81. The summed E-state index contributed by atoms with van der Waals surface area (Å²) in [6.45, 7) is 3.90. The number of anilines is 1. The molecule has 2 N–H and O–H groups in total. The van der Waals surface area contributed by atoms with Crippen LogP contribution in [-0.2, 0) is 0 Å². The predicted molar refractivity (Wildman–Crippen MR) is 104 cm³/mol. The number of hydrogen-bond acceptors (Lipinski definition) is 3. The van der Waals surface area contributed by atoms with E-state index in [1.807, 2.05) is 37.5 Å². The van der Waals surface area contributed by atoms with E-state index < -0.39 is 0 Å². The molecule has 0 amide bonds. The van der Waals surface area contributed by atoms with Crippen LogP contribution < -0.4 is 10.6 Å². The third-order valence-corrected chi connectivity index (χ3v) is 4.76. The Bertz CT molecular complexity index is 730. The Hall–Kier alpha value is -1.55. The van der Waals surface area contributed by atoms with Crippen molar-refractivity contribution in [1.82, 2.24) is 4.98 Å². The second-order valence-corrected chi connectivity index (χ2v) is 6.98. The normalized spacial score (nSPS) is 16.1. The third-order valence-electron chi connectivity index (χ3n) is 4.32. The lowest BCUT2D eigenvalue weighted by molar-refractivity contribution is 0.501. The van der Waals surface area contributed by atoms with Gasteiger partial charge in [-0.15, -0.1) is 0 Å². The molecule has 2 aromatic rings. The first-order valence-corrected chi connectivity index (χ1v) is 8.91. The van der Waals surface area contributed by atoms with Crippen LogP contribution in [0.2, 0.25) is 10.0 Å². The fraction of sp³-hybridized carbons (Fsp3) is 0.316. The lowest BCUT2D eigenvalue weighted by atomic mass is 9.98. The van der Waals surface area contributed by atoms with Gasteiger partial charge in [0.15, 0.2) is 0 Å². The number of allylic oxidation sites excluding steroid dienone is 1. The molecule has 0 aliphatic carbocycles. The lowest BCUT2D eigenvalue weighted by Crippen LogP contribution is -2.40. The van der Waals surface area contributed by atoms with Crippen LogP contribution in [-0.4, -0.2) is 24.1 Å². The first kappa shape index (κ1) is 17.3. The van der Waals surface area contributed by atoms with E-state index in [9.17, 15) is 0 Å². The molecule has 0 atom stereocenters. The van der Waals surface area contributed by atoms with Gasteiger partial charge in [-0.1, -0.05) is 35.4 Å². The van der Waals surface area contributed by atoms with Gasteiger partial charge in [0.1, 0.15) is 0 Å². The highest BCUT2D eigenvalue weighted by molar-refractivity contribution is 6.35.